The van der Waals surface area contributed by atoms with Crippen LogP contribution in [0.25, 0.3) is 0 Å². The van der Waals surface area contributed by atoms with Crippen molar-refractivity contribution in [2.45, 2.75) is 151 Å². The lowest BCUT2D eigenvalue weighted by Crippen LogP contribution is -2.62. The maximum atomic E-state index is 14.9. The van der Waals surface area contributed by atoms with Gasteiger partial charge in [-0.1, -0.05) is 122 Å². The molecule has 3 fully saturated rings. The van der Waals surface area contributed by atoms with Crippen molar-refractivity contribution in [3.05, 3.63) is 71.8 Å². The Kier molecular flexibility index (Phi) is 23.9. The van der Waals surface area contributed by atoms with E-state index in [9.17, 15) is 47.9 Å². The Balaban J connectivity index is 1.52. The number of carbonyl (C=O) groups excluding carboxylic acids is 10. The number of amides is 10. The standard InChI is InChI=1S/C52H75N13O10S2/c1-3-31(2)43-49(74)62-37(27-40(53)66)46(71)63-38(50(75)65-24-14-20-39(65)48(73)60-34(19-13-23-57-51(55)56)44(69)58-29-41(54)67)30-76-77-52(21-11-6-12-22-52)28-42(68)59-35(25-32-15-7-4-8-16-32)45(70)61-36(47(72)64-43)26-33-17-9-5-10-18-33/h4-5,7-10,15-18,31,34-39,43H,3,6,11-14,19-30H2,1-2H3,(H2,53,66)(H2,54,67)(H,58,69)(H,59,68)(H,60,73)(H,61,70)(H,62,74)(H,63,71)(H,64,72)(H4,55,56,57)/t31-,34-,35+,36-,37-,38-,39-,43-/m0/s1. The van der Waals surface area contributed by atoms with Gasteiger partial charge in [-0.05, 0) is 55.6 Å². The Morgan fingerprint density at radius 2 is 1.35 bits per heavy atom. The Bertz CT molecular complexity index is 2430. The summed E-state index contributed by atoms with van der Waals surface area (Å²) < 4.78 is -0.691. The first-order valence-electron chi connectivity index (χ1n) is 26.2. The van der Waals surface area contributed by atoms with Crippen LogP contribution in [-0.2, 0) is 60.8 Å². The van der Waals surface area contributed by atoms with E-state index in [1.165, 1.54) is 26.5 Å². The van der Waals surface area contributed by atoms with Crippen molar-refractivity contribution in [1.82, 2.24) is 42.1 Å². The molecule has 77 heavy (non-hydrogen) atoms. The number of nitrogens with one attached hydrogen (secondary N) is 7. The third-order valence-electron chi connectivity index (χ3n) is 13.9. The van der Waals surface area contributed by atoms with E-state index >= 15 is 0 Å². The average molecular weight is 1110 g/mol. The lowest BCUT2D eigenvalue weighted by atomic mass is 9.85. The van der Waals surface area contributed by atoms with E-state index < -0.39 is 125 Å². The summed E-state index contributed by atoms with van der Waals surface area (Å²) in [5.41, 5.74) is 23.3. The van der Waals surface area contributed by atoms with Crippen LogP contribution in [0.5, 0.6) is 0 Å². The van der Waals surface area contributed by atoms with Gasteiger partial charge in [0.25, 0.3) is 0 Å². The molecule has 0 unspecified atom stereocenters. The van der Waals surface area contributed by atoms with Gasteiger partial charge >= 0.3 is 0 Å². The van der Waals surface area contributed by atoms with E-state index in [1.54, 1.807) is 44.2 Å². The van der Waals surface area contributed by atoms with Gasteiger partial charge in [-0.15, -0.1) is 0 Å². The van der Waals surface area contributed by atoms with Gasteiger partial charge in [-0.3, -0.25) is 52.9 Å². The molecule has 0 radical (unpaired) electrons. The van der Waals surface area contributed by atoms with Crippen LogP contribution >= 0.6 is 21.6 Å². The highest BCUT2D eigenvalue weighted by Crippen LogP contribution is 2.48. The van der Waals surface area contributed by atoms with Crippen molar-refractivity contribution in [1.29, 1.82) is 0 Å². The molecule has 2 heterocycles. The number of benzene rings is 2. The predicted molar refractivity (Wildman–Crippen MR) is 292 cm³/mol. The average Bonchev–Trinajstić information content (AvgIpc) is 3.90. The molecule has 2 aromatic rings. The Morgan fingerprint density at radius 1 is 0.753 bits per heavy atom. The zero-order chi connectivity index (χ0) is 56.1. The number of likely N-dealkylation sites (tertiary alicyclic amines) is 1. The van der Waals surface area contributed by atoms with E-state index in [1.807, 2.05) is 30.3 Å². The summed E-state index contributed by atoms with van der Waals surface area (Å²) in [6.45, 7) is 3.20. The number of nitrogens with two attached hydrogens (primary N) is 4. The van der Waals surface area contributed by atoms with Gasteiger partial charge in [-0.2, -0.15) is 0 Å². The zero-order valence-corrected chi connectivity index (χ0v) is 45.4. The van der Waals surface area contributed by atoms with Gasteiger partial charge in [0.05, 0.1) is 13.0 Å². The molecule has 8 atom stereocenters. The van der Waals surface area contributed by atoms with Gasteiger partial charge in [0.15, 0.2) is 5.96 Å². The minimum absolute atomic E-state index is 0.00542. The summed E-state index contributed by atoms with van der Waals surface area (Å²) in [6.07, 6.45) is 4.30. The number of guanidine groups is 1. The normalized spacial score (nSPS) is 23.6. The largest absolute Gasteiger partial charge is 0.370 e. The first kappa shape index (κ1) is 61.0. The first-order valence-corrected chi connectivity index (χ1v) is 28.5. The van der Waals surface area contributed by atoms with Gasteiger partial charge in [-0.25, -0.2) is 0 Å². The third-order valence-corrected chi connectivity index (χ3v) is 17.2. The van der Waals surface area contributed by atoms with Crippen LogP contribution in [0.15, 0.2) is 65.7 Å². The molecular formula is C52H75N13O10S2. The molecule has 0 aromatic heterocycles. The minimum Gasteiger partial charge on any atom is -0.370 e. The second-order valence-electron chi connectivity index (χ2n) is 19.9. The fourth-order valence-electron chi connectivity index (χ4n) is 9.56. The van der Waals surface area contributed by atoms with Gasteiger partial charge in [0.2, 0.25) is 59.1 Å². The number of hydrogen-bond donors (Lipinski definition) is 11. The fourth-order valence-corrected chi connectivity index (χ4v) is 12.9. The summed E-state index contributed by atoms with van der Waals surface area (Å²) in [5, 5.41) is 19.1. The van der Waals surface area contributed by atoms with E-state index in [4.69, 9.17) is 22.9 Å². The smallest absolute Gasteiger partial charge is 0.246 e. The molecule has 2 saturated heterocycles. The second kappa shape index (κ2) is 30.2. The topological polar surface area (TPSA) is 375 Å². The summed E-state index contributed by atoms with van der Waals surface area (Å²) >= 11 is 0. The monoisotopic (exact) mass is 1110 g/mol. The van der Waals surface area contributed by atoms with E-state index in [0.717, 1.165) is 24.8 Å². The Labute approximate surface area is 456 Å². The lowest BCUT2D eigenvalue weighted by Gasteiger charge is -2.37. The molecular weight excluding hydrogens is 1030 g/mol. The number of hydrogen-bond acceptors (Lipinski definition) is 13. The molecule has 2 aliphatic heterocycles. The predicted octanol–water partition coefficient (Wildman–Crippen LogP) is -0.564. The van der Waals surface area contributed by atoms with Gasteiger partial charge in [0, 0.05) is 42.9 Å². The van der Waals surface area contributed by atoms with Crippen LogP contribution in [0.1, 0.15) is 102 Å². The molecule has 1 saturated carbocycles. The molecule has 3 aliphatic rings. The van der Waals surface area contributed by atoms with E-state index in [0.29, 0.717) is 31.2 Å². The molecule has 23 nitrogen and oxygen atoms in total. The van der Waals surface area contributed by atoms with Crippen molar-refractivity contribution in [2.75, 3.05) is 25.4 Å². The molecule has 25 heteroatoms. The number of aliphatic imine (C=N–C) groups is 1. The first-order chi connectivity index (χ1) is 36.8. The van der Waals surface area contributed by atoms with Gasteiger partial charge < -0.3 is 65.1 Å². The van der Waals surface area contributed by atoms with Crippen LogP contribution in [-0.4, -0.2) is 142 Å². The summed E-state index contributed by atoms with van der Waals surface area (Å²) in [4.78, 5) is 144. The Morgan fingerprint density at radius 3 is 1.95 bits per heavy atom. The van der Waals surface area contributed by atoms with Crippen molar-refractivity contribution in [2.24, 2.45) is 33.8 Å². The Hall–Kier alpha value is -6.89. The van der Waals surface area contributed by atoms with Crippen LogP contribution in [0.2, 0.25) is 0 Å². The molecule has 0 bridgehead atoms. The molecule has 1 spiro atoms. The zero-order valence-electron chi connectivity index (χ0n) is 43.7. The highest BCUT2D eigenvalue weighted by Gasteiger charge is 2.42. The van der Waals surface area contributed by atoms with Crippen LogP contribution < -0.4 is 60.2 Å². The lowest BCUT2D eigenvalue weighted by molar-refractivity contribution is -0.142. The third kappa shape index (κ3) is 19.3. The van der Waals surface area contributed by atoms with Crippen LogP contribution in [0.4, 0.5) is 0 Å². The van der Waals surface area contributed by atoms with Crippen molar-refractivity contribution < 1.29 is 47.9 Å². The number of rotatable bonds is 18. The van der Waals surface area contributed by atoms with Crippen molar-refractivity contribution in [3.8, 4) is 0 Å². The molecule has 420 valence electrons. The summed E-state index contributed by atoms with van der Waals surface area (Å²) in [7, 11) is 2.61. The summed E-state index contributed by atoms with van der Waals surface area (Å²) in [6, 6.07) is 9.02. The molecule has 10 amide bonds. The second-order valence-corrected chi connectivity index (χ2v) is 22.7. The summed E-state index contributed by atoms with van der Waals surface area (Å²) in [5.74, 6) is -8.29. The SMILES string of the molecule is CC[C@H](C)[C@@H]1NC(=O)[C@H](Cc2ccccc2)NC(=O)[C@@H](Cc2ccccc2)NC(=O)CC2(CCCCC2)SSC[C@@H](C(=O)N2CCC[C@H]2C(=O)N[C@@H](CCCN=C(N)N)C(=O)NCC(N)=O)NC(=O)[C@H](CC(N)=O)NC1=O. The minimum atomic E-state index is -1.65. The quantitative estimate of drug-likeness (QED) is 0.0386. The number of carbonyl (C=O) groups is 10. The van der Waals surface area contributed by atoms with Crippen molar-refractivity contribution in [3.63, 3.8) is 0 Å². The van der Waals surface area contributed by atoms with Crippen LogP contribution in [0.3, 0.4) is 0 Å². The number of nitrogens with zero attached hydrogens (tertiary/aromatic N) is 2. The molecule has 2 aromatic carbocycles. The maximum absolute atomic E-state index is 14.9. The highest BCUT2D eigenvalue weighted by atomic mass is 33.1. The highest BCUT2D eigenvalue weighted by molar-refractivity contribution is 8.77. The fraction of sp³-hybridized carbons (Fsp3) is 0.558. The van der Waals surface area contributed by atoms with Crippen molar-refractivity contribution >= 4 is 86.6 Å². The van der Waals surface area contributed by atoms with E-state index in [2.05, 4.69) is 42.2 Å². The van der Waals surface area contributed by atoms with E-state index in [-0.39, 0.29) is 63.3 Å². The van der Waals surface area contributed by atoms with Gasteiger partial charge in [0.1, 0.15) is 42.3 Å². The van der Waals surface area contributed by atoms with Crippen LogP contribution in [0, 0.1) is 5.92 Å². The molecule has 15 N–H and O–H groups in total. The molecule has 5 rings (SSSR count). The number of primary amides is 2. The maximum Gasteiger partial charge on any atom is 0.246 e. The molecule has 1 aliphatic carbocycles.